The molecule has 0 aromatic carbocycles. The summed E-state index contributed by atoms with van der Waals surface area (Å²) in [6, 6.07) is 0.708. The van der Waals surface area contributed by atoms with Crippen LogP contribution in [0, 0.1) is 0 Å². The third-order valence-electron chi connectivity index (χ3n) is 5.00. The van der Waals surface area contributed by atoms with E-state index in [4.69, 9.17) is 5.11 Å². The fourth-order valence-corrected chi connectivity index (χ4v) is 4.40. The van der Waals surface area contributed by atoms with Gasteiger partial charge < -0.3 is 10.0 Å². The van der Waals surface area contributed by atoms with Crippen molar-refractivity contribution in [2.45, 2.75) is 38.6 Å². The van der Waals surface area contributed by atoms with E-state index >= 15 is 0 Å². The van der Waals surface area contributed by atoms with Crippen LogP contribution in [0.3, 0.4) is 0 Å². The minimum Gasteiger partial charge on any atom is -0.395 e. The fourth-order valence-electron chi connectivity index (χ4n) is 3.50. The molecule has 2 fully saturated rings. The molecule has 7 heteroatoms. The number of hydrogen-bond acceptors (Lipinski definition) is 7. The van der Waals surface area contributed by atoms with E-state index in [2.05, 4.69) is 38.7 Å². The van der Waals surface area contributed by atoms with Crippen LogP contribution in [0.1, 0.15) is 37.6 Å². The summed E-state index contributed by atoms with van der Waals surface area (Å²) in [6.45, 7) is 12.1. The standard InChI is InChI=1S/C16H29N5OS/c1-13(2)15-17-18-16(23-15)21-5-3-14(4-6-21)20-9-7-19(8-10-20)11-12-22/h13-14,22H,3-12H2,1-2H3. The average Bonchev–Trinajstić information content (AvgIpc) is 3.06. The number of β-amino-alcohol motifs (C(OH)–C–C–N with tert-alkyl or cyclic N) is 1. The Bertz CT molecular complexity index is 479. The minimum absolute atomic E-state index is 0.276. The van der Waals surface area contributed by atoms with E-state index in [9.17, 15) is 0 Å². The zero-order valence-electron chi connectivity index (χ0n) is 14.3. The second kappa shape index (κ2) is 7.88. The van der Waals surface area contributed by atoms with Gasteiger partial charge in [0.25, 0.3) is 0 Å². The summed E-state index contributed by atoms with van der Waals surface area (Å²) in [5.41, 5.74) is 0. The maximum atomic E-state index is 9.04. The molecule has 130 valence electrons. The first-order chi connectivity index (χ1) is 11.2. The fraction of sp³-hybridized carbons (Fsp3) is 0.875. The van der Waals surface area contributed by atoms with Gasteiger partial charge in [-0.3, -0.25) is 9.80 Å². The highest BCUT2D eigenvalue weighted by Gasteiger charge is 2.28. The monoisotopic (exact) mass is 339 g/mol. The lowest BCUT2D eigenvalue weighted by molar-refractivity contribution is 0.0747. The zero-order chi connectivity index (χ0) is 16.2. The Balaban J connectivity index is 1.47. The summed E-state index contributed by atoms with van der Waals surface area (Å²) in [5, 5.41) is 20.0. The van der Waals surface area contributed by atoms with E-state index in [0.717, 1.165) is 56.0 Å². The molecular weight excluding hydrogens is 310 g/mol. The van der Waals surface area contributed by atoms with Crippen molar-refractivity contribution in [3.63, 3.8) is 0 Å². The number of anilines is 1. The van der Waals surface area contributed by atoms with Crippen molar-refractivity contribution in [2.75, 3.05) is 57.3 Å². The van der Waals surface area contributed by atoms with Crippen molar-refractivity contribution in [3.05, 3.63) is 5.01 Å². The van der Waals surface area contributed by atoms with Crippen LogP contribution in [0.2, 0.25) is 0 Å². The summed E-state index contributed by atoms with van der Waals surface area (Å²) in [7, 11) is 0. The Morgan fingerprint density at radius 2 is 1.78 bits per heavy atom. The van der Waals surface area contributed by atoms with E-state index < -0.39 is 0 Å². The molecule has 3 rings (SSSR count). The van der Waals surface area contributed by atoms with Gasteiger partial charge >= 0.3 is 0 Å². The zero-order valence-corrected chi connectivity index (χ0v) is 15.1. The van der Waals surface area contributed by atoms with Gasteiger partial charge in [-0.1, -0.05) is 25.2 Å². The lowest BCUT2D eigenvalue weighted by Gasteiger charge is -2.42. The first kappa shape index (κ1) is 17.1. The van der Waals surface area contributed by atoms with Gasteiger partial charge in [0.05, 0.1) is 6.61 Å². The lowest BCUT2D eigenvalue weighted by atomic mass is 10.0. The molecule has 23 heavy (non-hydrogen) atoms. The highest BCUT2D eigenvalue weighted by atomic mass is 32.1. The smallest absolute Gasteiger partial charge is 0.208 e. The molecule has 6 nitrogen and oxygen atoms in total. The number of aliphatic hydroxyl groups excluding tert-OH is 1. The van der Waals surface area contributed by atoms with Crippen LogP contribution in [-0.4, -0.2) is 83.6 Å². The van der Waals surface area contributed by atoms with Gasteiger partial charge in [0.2, 0.25) is 5.13 Å². The number of nitrogens with zero attached hydrogens (tertiary/aromatic N) is 5. The van der Waals surface area contributed by atoms with Crippen LogP contribution in [0.15, 0.2) is 0 Å². The van der Waals surface area contributed by atoms with Crippen LogP contribution in [0.5, 0.6) is 0 Å². The normalized spacial score (nSPS) is 22.2. The average molecular weight is 340 g/mol. The molecule has 0 bridgehead atoms. The third-order valence-corrected chi connectivity index (χ3v) is 6.28. The molecule has 0 radical (unpaired) electrons. The van der Waals surface area contributed by atoms with Crippen molar-refractivity contribution in [2.24, 2.45) is 0 Å². The molecular formula is C16H29N5OS. The number of hydrogen-bond donors (Lipinski definition) is 1. The van der Waals surface area contributed by atoms with Crippen molar-refractivity contribution < 1.29 is 5.11 Å². The van der Waals surface area contributed by atoms with Crippen molar-refractivity contribution in [1.29, 1.82) is 0 Å². The molecule has 0 unspecified atom stereocenters. The maximum absolute atomic E-state index is 9.04. The number of piperidine rings is 1. The highest BCUT2D eigenvalue weighted by molar-refractivity contribution is 7.15. The van der Waals surface area contributed by atoms with Gasteiger partial charge in [-0.2, -0.15) is 0 Å². The van der Waals surface area contributed by atoms with Gasteiger partial charge in [0, 0.05) is 57.8 Å². The minimum atomic E-state index is 0.276. The van der Waals surface area contributed by atoms with Crippen LogP contribution >= 0.6 is 11.3 Å². The Morgan fingerprint density at radius 3 is 2.35 bits per heavy atom. The highest BCUT2D eigenvalue weighted by Crippen LogP contribution is 2.28. The lowest BCUT2D eigenvalue weighted by Crippen LogP contribution is -2.53. The molecule has 0 atom stereocenters. The molecule has 1 N–H and O–H groups in total. The quantitative estimate of drug-likeness (QED) is 0.871. The van der Waals surface area contributed by atoms with E-state index in [-0.39, 0.29) is 6.61 Å². The van der Waals surface area contributed by atoms with E-state index in [0.29, 0.717) is 12.0 Å². The summed E-state index contributed by atoms with van der Waals surface area (Å²) in [5.74, 6) is 0.467. The SMILES string of the molecule is CC(C)c1nnc(N2CCC(N3CCN(CCO)CC3)CC2)s1. The molecule has 0 aliphatic carbocycles. The predicted octanol–water partition coefficient (Wildman–Crippen LogP) is 1.24. The van der Waals surface area contributed by atoms with Crippen molar-refractivity contribution in [3.8, 4) is 0 Å². The molecule has 1 aromatic heterocycles. The van der Waals surface area contributed by atoms with Gasteiger partial charge in [-0.15, -0.1) is 10.2 Å². The Morgan fingerprint density at radius 1 is 1.09 bits per heavy atom. The van der Waals surface area contributed by atoms with E-state index in [1.165, 1.54) is 12.8 Å². The molecule has 2 saturated heterocycles. The summed E-state index contributed by atoms with van der Waals surface area (Å²) >= 11 is 1.75. The predicted molar refractivity (Wildman–Crippen MR) is 94.3 cm³/mol. The number of rotatable bonds is 5. The van der Waals surface area contributed by atoms with Gasteiger partial charge in [0.15, 0.2) is 0 Å². The molecule has 3 heterocycles. The summed E-state index contributed by atoms with van der Waals surface area (Å²) in [6.07, 6.45) is 2.44. The van der Waals surface area contributed by atoms with Crippen LogP contribution in [0.25, 0.3) is 0 Å². The molecule has 1 aromatic rings. The number of aliphatic hydroxyl groups is 1. The Hall–Kier alpha value is -0.760. The van der Waals surface area contributed by atoms with Crippen molar-refractivity contribution >= 4 is 16.5 Å². The molecule has 0 amide bonds. The second-order valence-electron chi connectivity index (χ2n) is 6.90. The van der Waals surface area contributed by atoms with Gasteiger partial charge in [-0.05, 0) is 12.8 Å². The largest absolute Gasteiger partial charge is 0.395 e. The van der Waals surface area contributed by atoms with Crippen LogP contribution in [0.4, 0.5) is 5.13 Å². The van der Waals surface area contributed by atoms with E-state index in [1.54, 1.807) is 11.3 Å². The first-order valence-electron chi connectivity index (χ1n) is 8.83. The first-order valence-corrected chi connectivity index (χ1v) is 9.64. The Labute approximate surface area is 143 Å². The van der Waals surface area contributed by atoms with E-state index in [1.807, 2.05) is 0 Å². The molecule has 0 saturated carbocycles. The van der Waals surface area contributed by atoms with Gasteiger partial charge in [0.1, 0.15) is 5.01 Å². The summed E-state index contributed by atoms with van der Waals surface area (Å²) < 4.78 is 0. The number of piperazine rings is 1. The molecule has 2 aliphatic rings. The second-order valence-corrected chi connectivity index (χ2v) is 7.88. The molecule has 0 spiro atoms. The third kappa shape index (κ3) is 4.21. The topological polar surface area (TPSA) is 55.7 Å². The molecule has 2 aliphatic heterocycles. The summed E-state index contributed by atoms with van der Waals surface area (Å²) in [4.78, 5) is 7.41. The van der Waals surface area contributed by atoms with Crippen molar-refractivity contribution in [1.82, 2.24) is 20.0 Å². The van der Waals surface area contributed by atoms with Crippen LogP contribution in [-0.2, 0) is 0 Å². The van der Waals surface area contributed by atoms with Gasteiger partial charge in [-0.25, -0.2) is 0 Å². The van der Waals surface area contributed by atoms with Crippen LogP contribution < -0.4 is 4.90 Å². The maximum Gasteiger partial charge on any atom is 0.208 e. The number of aromatic nitrogens is 2. The Kier molecular flexibility index (Phi) is 5.85.